The maximum absolute atomic E-state index is 13.7. The van der Waals surface area contributed by atoms with Crippen LogP contribution in [0, 0.1) is 24.2 Å². The number of aryl methyl sites for hydroxylation is 1. The molecule has 1 aromatic heterocycles. The zero-order valence-corrected chi connectivity index (χ0v) is 25.7. The van der Waals surface area contributed by atoms with Crippen molar-refractivity contribution < 1.29 is 33.2 Å². The minimum atomic E-state index is -1.26. The molecule has 0 aromatic carbocycles. The SMILES string of the molecule is Cc1ncc(C(=O)N[C@H](C(=O)N[C@@H](CC(C)C)C(=O)NC(CC2CCNC2=O)C(=O)C(=O)C2=CCCC=C2)C(C)(C)C)o1. The van der Waals surface area contributed by atoms with E-state index in [9.17, 15) is 28.8 Å². The minimum Gasteiger partial charge on any atom is -0.436 e. The van der Waals surface area contributed by atoms with Gasteiger partial charge in [0.05, 0.1) is 12.2 Å². The first-order valence-electron chi connectivity index (χ1n) is 14.7. The van der Waals surface area contributed by atoms with Crippen LogP contribution in [0.3, 0.4) is 0 Å². The maximum atomic E-state index is 13.7. The number of carbonyl (C=O) groups excluding carboxylic acids is 6. The normalized spacial score (nSPS) is 18.7. The zero-order chi connectivity index (χ0) is 31.9. The molecular formula is C31H43N5O7. The molecule has 0 radical (unpaired) electrons. The Balaban J connectivity index is 1.81. The number of amides is 4. The van der Waals surface area contributed by atoms with Crippen molar-refractivity contribution in [1.29, 1.82) is 0 Å². The summed E-state index contributed by atoms with van der Waals surface area (Å²) in [6, 6.07) is -3.40. The average Bonchev–Trinajstić information content (AvgIpc) is 3.57. The number of aromatic nitrogens is 1. The molecule has 4 amide bonds. The lowest BCUT2D eigenvalue weighted by Crippen LogP contribution is -2.59. The molecule has 43 heavy (non-hydrogen) atoms. The number of oxazole rings is 1. The second-order valence-corrected chi connectivity index (χ2v) is 12.6. The van der Waals surface area contributed by atoms with E-state index < -0.39 is 58.7 Å². The van der Waals surface area contributed by atoms with Crippen molar-refractivity contribution in [2.75, 3.05) is 6.54 Å². The summed E-state index contributed by atoms with van der Waals surface area (Å²) < 4.78 is 5.29. The van der Waals surface area contributed by atoms with Crippen molar-refractivity contribution in [1.82, 2.24) is 26.3 Å². The van der Waals surface area contributed by atoms with E-state index in [0.29, 0.717) is 25.3 Å². The molecule has 1 saturated heterocycles. The molecule has 2 aliphatic rings. The van der Waals surface area contributed by atoms with Crippen molar-refractivity contribution in [2.24, 2.45) is 17.3 Å². The molecule has 12 nitrogen and oxygen atoms in total. The lowest BCUT2D eigenvalue weighted by molar-refractivity contribution is -0.138. The molecule has 234 valence electrons. The van der Waals surface area contributed by atoms with Gasteiger partial charge in [-0.05, 0) is 43.4 Å². The van der Waals surface area contributed by atoms with E-state index in [1.165, 1.54) is 6.20 Å². The summed E-state index contributed by atoms with van der Waals surface area (Å²) >= 11 is 0. The first-order valence-corrected chi connectivity index (χ1v) is 14.7. The third kappa shape index (κ3) is 9.20. The number of ketones is 2. The zero-order valence-electron chi connectivity index (χ0n) is 25.7. The highest BCUT2D eigenvalue weighted by molar-refractivity contribution is 6.46. The van der Waals surface area contributed by atoms with Gasteiger partial charge < -0.3 is 25.7 Å². The average molecular weight is 598 g/mol. The Hall–Kier alpha value is -4.09. The number of carbonyl (C=O) groups is 6. The predicted octanol–water partition coefficient (Wildman–Crippen LogP) is 2.08. The van der Waals surface area contributed by atoms with Crippen molar-refractivity contribution in [3.05, 3.63) is 41.6 Å². The number of rotatable bonds is 13. The topological polar surface area (TPSA) is 177 Å². The van der Waals surface area contributed by atoms with Crippen LogP contribution in [0.1, 0.15) is 83.2 Å². The third-order valence-electron chi connectivity index (χ3n) is 7.39. The lowest BCUT2D eigenvalue weighted by Gasteiger charge is -2.32. The van der Waals surface area contributed by atoms with Crippen LogP contribution in [0.2, 0.25) is 0 Å². The number of nitrogens with zero attached hydrogens (tertiary/aromatic N) is 1. The van der Waals surface area contributed by atoms with Gasteiger partial charge in [-0.3, -0.25) is 28.8 Å². The molecule has 0 spiro atoms. The van der Waals surface area contributed by atoms with Gasteiger partial charge >= 0.3 is 0 Å². The van der Waals surface area contributed by atoms with Crippen LogP contribution in [0.15, 0.2) is 34.4 Å². The molecular weight excluding hydrogens is 554 g/mol. The summed E-state index contributed by atoms with van der Waals surface area (Å²) in [5.74, 6) is -4.04. The van der Waals surface area contributed by atoms with Gasteiger partial charge in [0, 0.05) is 25.0 Å². The van der Waals surface area contributed by atoms with E-state index >= 15 is 0 Å². The summed E-state index contributed by atoms with van der Waals surface area (Å²) in [7, 11) is 0. The summed E-state index contributed by atoms with van der Waals surface area (Å²) in [5.41, 5.74) is -0.500. The predicted molar refractivity (Wildman–Crippen MR) is 157 cm³/mol. The van der Waals surface area contributed by atoms with Crippen LogP contribution >= 0.6 is 0 Å². The number of hydrogen-bond donors (Lipinski definition) is 4. The number of allylic oxidation sites excluding steroid dienone is 4. The maximum Gasteiger partial charge on any atom is 0.289 e. The highest BCUT2D eigenvalue weighted by atomic mass is 16.4. The van der Waals surface area contributed by atoms with Gasteiger partial charge in [0.1, 0.15) is 12.1 Å². The Labute approximate surface area is 251 Å². The van der Waals surface area contributed by atoms with Crippen LogP contribution in [-0.4, -0.2) is 64.8 Å². The van der Waals surface area contributed by atoms with E-state index in [0.717, 1.165) is 6.42 Å². The number of nitrogens with one attached hydrogen (secondary N) is 4. The fourth-order valence-electron chi connectivity index (χ4n) is 5.04. The summed E-state index contributed by atoms with van der Waals surface area (Å²) in [5, 5.41) is 10.8. The quantitative estimate of drug-likeness (QED) is 0.250. The molecule has 0 bridgehead atoms. The Bertz CT molecular complexity index is 1300. The second kappa shape index (κ2) is 14.4. The molecule has 3 rings (SSSR count). The van der Waals surface area contributed by atoms with E-state index in [-0.39, 0.29) is 36.0 Å². The van der Waals surface area contributed by atoms with E-state index in [4.69, 9.17) is 4.42 Å². The molecule has 4 atom stereocenters. The van der Waals surface area contributed by atoms with Crippen LogP contribution in [-0.2, 0) is 24.0 Å². The van der Waals surface area contributed by atoms with E-state index in [2.05, 4.69) is 26.3 Å². The standard InChI is InChI=1S/C31H43N5O7/c1-17(2)14-22(35-30(42)26(31(4,5)6)36-29(41)23-16-33-18(3)43-23)28(40)34-21(15-20-12-13-32-27(20)39)25(38)24(37)19-10-8-7-9-11-19/h8,10-11,16-17,20-22,26H,7,9,12-15H2,1-6H3,(H,32,39)(H,34,40)(H,35,42)(H,36,41)/t20?,21?,22-,26+/m0/s1. The van der Waals surface area contributed by atoms with Gasteiger partial charge in [-0.15, -0.1) is 0 Å². The Morgan fingerprint density at radius 3 is 2.28 bits per heavy atom. The monoisotopic (exact) mass is 597 g/mol. The van der Waals surface area contributed by atoms with Crippen LogP contribution in [0.25, 0.3) is 0 Å². The van der Waals surface area contributed by atoms with E-state index in [1.807, 2.05) is 13.8 Å². The Morgan fingerprint density at radius 1 is 1.05 bits per heavy atom. The molecule has 4 N–H and O–H groups in total. The highest BCUT2D eigenvalue weighted by Crippen LogP contribution is 2.22. The molecule has 1 aliphatic heterocycles. The van der Waals surface area contributed by atoms with Crippen LogP contribution in [0.4, 0.5) is 0 Å². The van der Waals surface area contributed by atoms with Gasteiger partial charge in [-0.25, -0.2) is 4.98 Å². The fraction of sp³-hybridized carbons (Fsp3) is 0.581. The molecule has 1 fully saturated rings. The van der Waals surface area contributed by atoms with Gasteiger partial charge in [0.25, 0.3) is 5.91 Å². The van der Waals surface area contributed by atoms with Crippen LogP contribution in [0.5, 0.6) is 0 Å². The van der Waals surface area contributed by atoms with Crippen LogP contribution < -0.4 is 21.3 Å². The van der Waals surface area contributed by atoms with Gasteiger partial charge in [-0.1, -0.05) is 52.8 Å². The molecule has 12 heteroatoms. The number of hydrogen-bond acceptors (Lipinski definition) is 8. The molecule has 2 heterocycles. The highest BCUT2D eigenvalue weighted by Gasteiger charge is 2.38. The van der Waals surface area contributed by atoms with Gasteiger partial charge in [-0.2, -0.15) is 0 Å². The van der Waals surface area contributed by atoms with Gasteiger partial charge in [0.2, 0.25) is 35.0 Å². The number of Topliss-reactive ketones (excluding diaryl/α,β-unsaturated/α-hetero) is 2. The van der Waals surface area contributed by atoms with Crippen molar-refractivity contribution >= 4 is 35.2 Å². The fourth-order valence-corrected chi connectivity index (χ4v) is 5.04. The summed E-state index contributed by atoms with van der Waals surface area (Å²) in [6.07, 6.45) is 8.38. The lowest BCUT2D eigenvalue weighted by atomic mass is 9.85. The Morgan fingerprint density at radius 2 is 1.74 bits per heavy atom. The van der Waals surface area contributed by atoms with Crippen molar-refractivity contribution in [3.63, 3.8) is 0 Å². The van der Waals surface area contributed by atoms with E-state index in [1.54, 1.807) is 45.9 Å². The summed E-state index contributed by atoms with van der Waals surface area (Å²) in [6.45, 7) is 11.1. The molecule has 0 saturated carbocycles. The second-order valence-electron chi connectivity index (χ2n) is 12.6. The Kier molecular flexibility index (Phi) is 11.2. The first kappa shape index (κ1) is 33.4. The van der Waals surface area contributed by atoms with Gasteiger partial charge in [0.15, 0.2) is 5.89 Å². The van der Waals surface area contributed by atoms with Crippen molar-refractivity contribution in [2.45, 2.75) is 91.8 Å². The smallest absolute Gasteiger partial charge is 0.289 e. The minimum absolute atomic E-state index is 0.0372. The molecule has 1 aromatic rings. The third-order valence-corrected chi connectivity index (χ3v) is 7.39. The molecule has 2 unspecified atom stereocenters. The largest absolute Gasteiger partial charge is 0.436 e. The van der Waals surface area contributed by atoms with Crippen molar-refractivity contribution in [3.8, 4) is 0 Å². The summed E-state index contributed by atoms with van der Waals surface area (Å²) in [4.78, 5) is 82.8. The molecule has 1 aliphatic carbocycles. The first-order chi connectivity index (χ1) is 20.2.